The zero-order valence-corrected chi connectivity index (χ0v) is 22.8. The minimum atomic E-state index is -0.744. The molecule has 0 atom stereocenters. The number of hydrogen-bond acceptors (Lipinski definition) is 10. The fourth-order valence-electron chi connectivity index (χ4n) is 4.12. The summed E-state index contributed by atoms with van der Waals surface area (Å²) in [5.41, 5.74) is 0.730. The molecular formula is C29H23ClO10. The van der Waals surface area contributed by atoms with Crippen molar-refractivity contribution in [1.29, 1.82) is 0 Å². The molecule has 0 aliphatic heterocycles. The molecule has 206 valence electrons. The average Bonchev–Trinajstić information content (AvgIpc) is 2.88. The lowest BCUT2D eigenvalue weighted by Gasteiger charge is -2.17. The van der Waals surface area contributed by atoms with Crippen molar-refractivity contribution in [3.63, 3.8) is 0 Å². The maximum atomic E-state index is 13.6. The van der Waals surface area contributed by atoms with Crippen molar-refractivity contribution in [3.8, 4) is 51.0 Å². The van der Waals surface area contributed by atoms with Gasteiger partial charge >= 0.3 is 23.5 Å². The second kappa shape index (κ2) is 11.5. The van der Waals surface area contributed by atoms with Crippen molar-refractivity contribution in [3.05, 3.63) is 64.0 Å². The number of carbonyl (C=O) groups excluding carboxylic acids is 3. The van der Waals surface area contributed by atoms with E-state index < -0.39 is 23.5 Å². The highest BCUT2D eigenvalue weighted by molar-refractivity contribution is 6.33. The van der Waals surface area contributed by atoms with Crippen LogP contribution in [-0.2, 0) is 14.4 Å². The topological polar surface area (TPSA) is 128 Å². The van der Waals surface area contributed by atoms with Crippen molar-refractivity contribution in [1.82, 2.24) is 0 Å². The van der Waals surface area contributed by atoms with Gasteiger partial charge in [0.05, 0.1) is 24.8 Å². The second-order valence-corrected chi connectivity index (χ2v) is 8.84. The predicted octanol–water partition coefficient (Wildman–Crippen LogP) is 5.57. The van der Waals surface area contributed by atoms with Crippen LogP contribution in [-0.4, -0.2) is 32.1 Å². The van der Waals surface area contributed by atoms with Crippen molar-refractivity contribution in [2.75, 3.05) is 14.2 Å². The average molecular weight is 567 g/mol. The van der Waals surface area contributed by atoms with Gasteiger partial charge in [-0.05, 0) is 41.5 Å². The lowest BCUT2D eigenvalue weighted by Crippen LogP contribution is -2.09. The molecule has 0 saturated carbocycles. The maximum Gasteiger partial charge on any atom is 0.344 e. The van der Waals surface area contributed by atoms with Crippen LogP contribution in [0.1, 0.15) is 20.8 Å². The fourth-order valence-corrected chi connectivity index (χ4v) is 4.32. The van der Waals surface area contributed by atoms with Crippen LogP contribution < -0.4 is 29.3 Å². The Kier molecular flexibility index (Phi) is 8.11. The largest absolute Gasteiger partial charge is 0.493 e. The van der Waals surface area contributed by atoms with Crippen LogP contribution in [0.5, 0.6) is 28.7 Å². The third-order valence-corrected chi connectivity index (χ3v) is 5.91. The van der Waals surface area contributed by atoms with E-state index in [1.165, 1.54) is 59.3 Å². The Hall–Kier alpha value is -4.83. The Morgan fingerprint density at radius 3 is 1.80 bits per heavy atom. The molecule has 1 heterocycles. The Bertz CT molecular complexity index is 1680. The summed E-state index contributed by atoms with van der Waals surface area (Å²) in [6, 6.07) is 12.3. The molecule has 11 heteroatoms. The highest BCUT2D eigenvalue weighted by Crippen LogP contribution is 2.45. The third-order valence-electron chi connectivity index (χ3n) is 5.61. The van der Waals surface area contributed by atoms with E-state index in [0.29, 0.717) is 27.8 Å². The molecule has 40 heavy (non-hydrogen) atoms. The molecule has 0 aliphatic carbocycles. The van der Waals surface area contributed by atoms with Gasteiger partial charge in [-0.25, -0.2) is 4.79 Å². The molecule has 0 saturated heterocycles. The number of methoxy groups -OCH3 is 2. The maximum absolute atomic E-state index is 13.6. The van der Waals surface area contributed by atoms with Gasteiger partial charge < -0.3 is 28.1 Å². The van der Waals surface area contributed by atoms with E-state index in [1.807, 2.05) is 0 Å². The van der Waals surface area contributed by atoms with E-state index in [1.54, 1.807) is 24.3 Å². The molecule has 3 aromatic carbocycles. The summed E-state index contributed by atoms with van der Waals surface area (Å²) in [6.07, 6.45) is 0. The first-order valence-electron chi connectivity index (χ1n) is 11.7. The van der Waals surface area contributed by atoms with E-state index in [9.17, 15) is 19.2 Å². The Labute approximate surface area is 232 Å². The molecule has 4 rings (SSSR count). The van der Waals surface area contributed by atoms with Crippen LogP contribution in [0.4, 0.5) is 0 Å². The minimum absolute atomic E-state index is 0.0165. The zero-order chi connectivity index (χ0) is 29.1. The quantitative estimate of drug-likeness (QED) is 0.159. The van der Waals surface area contributed by atoms with Gasteiger partial charge in [-0.3, -0.25) is 14.4 Å². The molecular weight excluding hydrogens is 544 g/mol. The number of fused-ring (bicyclic) bond motifs is 1. The van der Waals surface area contributed by atoms with Gasteiger partial charge in [-0.2, -0.15) is 0 Å². The molecule has 0 bridgehead atoms. The van der Waals surface area contributed by atoms with E-state index in [4.69, 9.17) is 39.7 Å². The molecule has 0 radical (unpaired) electrons. The van der Waals surface area contributed by atoms with Crippen LogP contribution in [0.2, 0.25) is 5.02 Å². The van der Waals surface area contributed by atoms with Crippen LogP contribution in [0.25, 0.3) is 33.2 Å². The molecule has 1 aromatic heterocycles. The second-order valence-electron chi connectivity index (χ2n) is 8.43. The highest BCUT2D eigenvalue weighted by Gasteiger charge is 2.24. The number of rotatable bonds is 7. The summed E-state index contributed by atoms with van der Waals surface area (Å²) < 4.78 is 32.1. The Morgan fingerprint density at radius 1 is 0.700 bits per heavy atom. The third kappa shape index (κ3) is 5.76. The molecule has 4 aromatic rings. The number of halogens is 1. The monoisotopic (exact) mass is 566 g/mol. The van der Waals surface area contributed by atoms with Crippen LogP contribution >= 0.6 is 11.6 Å². The first-order chi connectivity index (χ1) is 19.0. The van der Waals surface area contributed by atoms with Gasteiger partial charge in [0, 0.05) is 37.8 Å². The van der Waals surface area contributed by atoms with Crippen molar-refractivity contribution in [2.24, 2.45) is 0 Å². The number of esters is 3. The summed E-state index contributed by atoms with van der Waals surface area (Å²) >= 11 is 6.45. The zero-order valence-electron chi connectivity index (χ0n) is 22.1. The smallest absolute Gasteiger partial charge is 0.344 e. The first kappa shape index (κ1) is 28.2. The fraction of sp³-hybridized carbons (Fsp3) is 0.172. The van der Waals surface area contributed by atoms with Gasteiger partial charge in [-0.15, -0.1) is 0 Å². The molecule has 0 fully saturated rings. The molecule has 0 N–H and O–H groups in total. The van der Waals surface area contributed by atoms with E-state index in [-0.39, 0.29) is 39.2 Å². The molecule has 0 spiro atoms. The van der Waals surface area contributed by atoms with E-state index in [0.717, 1.165) is 0 Å². The standard InChI is InChI=1S/C29H23ClO10/c1-14(31)37-19-8-6-17(7-9-19)26-20-12-21(30)23(38-15(2)32)13-22(20)40-29(34)27(26)18-10-24(35-4)28(39-16(3)33)25(11-18)36-5/h6-13H,1-5H3. The van der Waals surface area contributed by atoms with Gasteiger partial charge in [0.15, 0.2) is 17.2 Å². The number of hydrogen-bond donors (Lipinski definition) is 0. The van der Waals surface area contributed by atoms with Crippen molar-refractivity contribution in [2.45, 2.75) is 20.8 Å². The van der Waals surface area contributed by atoms with Gasteiger partial charge in [-0.1, -0.05) is 23.7 Å². The van der Waals surface area contributed by atoms with Crippen LogP contribution in [0.3, 0.4) is 0 Å². The summed E-state index contributed by atoms with van der Waals surface area (Å²) in [5.74, 6) is -1.08. The highest BCUT2D eigenvalue weighted by atomic mass is 35.5. The molecule has 0 unspecified atom stereocenters. The summed E-state index contributed by atoms with van der Waals surface area (Å²) in [4.78, 5) is 48.2. The Balaban J connectivity index is 2.07. The number of benzene rings is 3. The minimum Gasteiger partial charge on any atom is -0.493 e. The van der Waals surface area contributed by atoms with E-state index >= 15 is 0 Å². The van der Waals surface area contributed by atoms with Crippen LogP contribution in [0, 0.1) is 0 Å². The number of ether oxygens (including phenoxy) is 5. The molecule has 10 nitrogen and oxygen atoms in total. The molecule has 0 amide bonds. The normalized spacial score (nSPS) is 10.7. The van der Waals surface area contributed by atoms with Crippen molar-refractivity contribution < 1.29 is 42.5 Å². The first-order valence-corrected chi connectivity index (χ1v) is 12.1. The number of carbonyl (C=O) groups is 3. The SMILES string of the molecule is COc1cc(-c2c(-c3ccc(OC(C)=O)cc3)c3cc(Cl)c(OC(C)=O)cc3oc2=O)cc(OC)c1OC(C)=O. The lowest BCUT2D eigenvalue weighted by atomic mass is 9.92. The van der Waals surface area contributed by atoms with Gasteiger partial charge in [0.1, 0.15) is 11.3 Å². The summed E-state index contributed by atoms with van der Waals surface area (Å²) in [5, 5.41) is 0.512. The van der Waals surface area contributed by atoms with Crippen molar-refractivity contribution >= 4 is 40.5 Å². The Morgan fingerprint density at radius 2 is 1.27 bits per heavy atom. The summed E-state index contributed by atoms with van der Waals surface area (Å²) in [6.45, 7) is 3.73. The van der Waals surface area contributed by atoms with Gasteiger partial charge in [0.2, 0.25) is 5.75 Å². The van der Waals surface area contributed by atoms with Gasteiger partial charge in [0.25, 0.3) is 0 Å². The molecule has 0 aliphatic rings. The van der Waals surface area contributed by atoms with Crippen LogP contribution in [0.15, 0.2) is 57.7 Å². The lowest BCUT2D eigenvalue weighted by molar-refractivity contribution is -0.133. The van der Waals surface area contributed by atoms with E-state index in [2.05, 4.69) is 0 Å². The predicted molar refractivity (Wildman–Crippen MR) is 145 cm³/mol. The summed E-state index contributed by atoms with van der Waals surface area (Å²) in [7, 11) is 2.75.